The average molecular weight is 278 g/mol. The number of phenolic OH excluding ortho intramolecular Hbond substituents is 2. The van der Waals surface area contributed by atoms with E-state index in [4.69, 9.17) is 0 Å². The molecule has 1 saturated carbocycles. The fourth-order valence-corrected chi connectivity index (χ4v) is 3.90. The summed E-state index contributed by atoms with van der Waals surface area (Å²) in [5.74, 6) is 1.68. The highest BCUT2D eigenvalue weighted by Crippen LogP contribution is 2.53. The molecule has 2 aromatic rings. The summed E-state index contributed by atoms with van der Waals surface area (Å²) in [6, 6.07) is 13.0. The van der Waals surface area contributed by atoms with E-state index in [1.165, 1.54) is 24.8 Å². The van der Waals surface area contributed by atoms with Crippen LogP contribution in [0.5, 0.6) is 11.5 Å². The van der Waals surface area contributed by atoms with Gasteiger partial charge in [0.2, 0.25) is 0 Å². The van der Waals surface area contributed by atoms with Crippen LogP contribution in [0.4, 0.5) is 0 Å². The van der Waals surface area contributed by atoms with E-state index in [1.54, 1.807) is 12.1 Å². The van der Waals surface area contributed by atoms with Crippen molar-refractivity contribution in [3.8, 4) is 22.6 Å². The van der Waals surface area contributed by atoms with E-state index >= 15 is 0 Å². The van der Waals surface area contributed by atoms with E-state index in [-0.39, 0.29) is 11.5 Å². The minimum atomic E-state index is 0.234. The third-order valence-corrected chi connectivity index (χ3v) is 4.84. The van der Waals surface area contributed by atoms with Gasteiger partial charge >= 0.3 is 0 Å². The lowest BCUT2D eigenvalue weighted by Gasteiger charge is -2.20. The largest absolute Gasteiger partial charge is 0.507 e. The molecule has 0 saturated heterocycles. The summed E-state index contributed by atoms with van der Waals surface area (Å²) in [5, 5.41) is 20.8. The van der Waals surface area contributed by atoms with Gasteiger partial charge in [-0.15, -0.1) is 0 Å². The fraction of sp³-hybridized carbons (Fsp3) is 0.263. The molecule has 0 radical (unpaired) electrons. The normalized spacial score (nSPS) is 23.3. The summed E-state index contributed by atoms with van der Waals surface area (Å²) in [6.07, 6.45) is 5.95. The maximum atomic E-state index is 10.4. The SMILES string of the molecule is Oc1ccc(O)c(-c2ccccc2)c1C1=CC2CCC1C2. The Morgan fingerprint density at radius 1 is 0.810 bits per heavy atom. The van der Waals surface area contributed by atoms with Crippen molar-refractivity contribution in [2.24, 2.45) is 11.8 Å². The molecule has 1 fully saturated rings. The highest BCUT2D eigenvalue weighted by atomic mass is 16.3. The lowest BCUT2D eigenvalue weighted by atomic mass is 9.86. The summed E-state index contributed by atoms with van der Waals surface area (Å²) < 4.78 is 0. The zero-order chi connectivity index (χ0) is 14.4. The Bertz CT molecular complexity index is 716. The van der Waals surface area contributed by atoms with Crippen molar-refractivity contribution in [3.05, 3.63) is 54.1 Å². The number of aromatic hydroxyl groups is 2. The van der Waals surface area contributed by atoms with Gasteiger partial charge in [-0.1, -0.05) is 36.4 Å². The number of fused-ring (bicyclic) bond motifs is 2. The third-order valence-electron chi connectivity index (χ3n) is 4.84. The molecule has 0 aromatic heterocycles. The third kappa shape index (κ3) is 1.94. The van der Waals surface area contributed by atoms with Gasteiger partial charge in [-0.05, 0) is 54.4 Å². The molecule has 0 aliphatic heterocycles. The van der Waals surface area contributed by atoms with Crippen molar-refractivity contribution in [2.45, 2.75) is 19.3 Å². The van der Waals surface area contributed by atoms with E-state index in [2.05, 4.69) is 6.08 Å². The van der Waals surface area contributed by atoms with Crippen molar-refractivity contribution < 1.29 is 10.2 Å². The van der Waals surface area contributed by atoms with Crippen molar-refractivity contribution in [1.82, 2.24) is 0 Å². The van der Waals surface area contributed by atoms with E-state index in [0.29, 0.717) is 11.8 Å². The van der Waals surface area contributed by atoms with Gasteiger partial charge in [-0.2, -0.15) is 0 Å². The molecule has 0 spiro atoms. The number of rotatable bonds is 2. The van der Waals surface area contributed by atoms with E-state index < -0.39 is 0 Å². The molecular formula is C19H18O2. The smallest absolute Gasteiger partial charge is 0.124 e. The highest BCUT2D eigenvalue weighted by Gasteiger charge is 2.35. The van der Waals surface area contributed by atoms with E-state index in [0.717, 1.165) is 16.7 Å². The maximum Gasteiger partial charge on any atom is 0.124 e. The highest BCUT2D eigenvalue weighted by molar-refractivity contribution is 5.89. The molecule has 106 valence electrons. The van der Waals surface area contributed by atoms with Gasteiger partial charge in [0.25, 0.3) is 0 Å². The molecule has 21 heavy (non-hydrogen) atoms. The molecule has 2 bridgehead atoms. The van der Waals surface area contributed by atoms with Crippen LogP contribution in [0.1, 0.15) is 24.8 Å². The summed E-state index contributed by atoms with van der Waals surface area (Å²) in [6.45, 7) is 0. The molecule has 2 unspecified atom stereocenters. The maximum absolute atomic E-state index is 10.4. The Balaban J connectivity index is 1.95. The average Bonchev–Trinajstić information content (AvgIpc) is 3.13. The van der Waals surface area contributed by atoms with Crippen LogP contribution in [0.3, 0.4) is 0 Å². The van der Waals surface area contributed by atoms with E-state index in [9.17, 15) is 10.2 Å². The second-order valence-corrected chi connectivity index (χ2v) is 6.11. The molecule has 2 aliphatic rings. The quantitative estimate of drug-likeness (QED) is 0.789. The molecule has 2 aromatic carbocycles. The Morgan fingerprint density at radius 3 is 2.14 bits per heavy atom. The van der Waals surface area contributed by atoms with Gasteiger partial charge in [-0.25, -0.2) is 0 Å². The van der Waals surface area contributed by atoms with Gasteiger partial charge in [0, 0.05) is 11.1 Å². The number of hydrogen-bond donors (Lipinski definition) is 2. The summed E-state index contributed by atoms with van der Waals surface area (Å²) >= 11 is 0. The number of benzene rings is 2. The lowest BCUT2D eigenvalue weighted by molar-refractivity contribution is 0.459. The van der Waals surface area contributed by atoms with Gasteiger partial charge in [0.1, 0.15) is 11.5 Å². The number of allylic oxidation sites excluding steroid dienone is 2. The van der Waals surface area contributed by atoms with Crippen LogP contribution in [0.25, 0.3) is 16.7 Å². The molecule has 4 rings (SSSR count). The summed E-state index contributed by atoms with van der Waals surface area (Å²) in [5.41, 5.74) is 3.76. The molecule has 0 heterocycles. The Kier molecular flexibility index (Phi) is 2.78. The summed E-state index contributed by atoms with van der Waals surface area (Å²) in [7, 11) is 0. The fourth-order valence-electron chi connectivity index (χ4n) is 3.90. The molecule has 2 nitrogen and oxygen atoms in total. The van der Waals surface area contributed by atoms with Crippen LogP contribution in [-0.4, -0.2) is 10.2 Å². The number of hydrogen-bond acceptors (Lipinski definition) is 2. The predicted molar refractivity (Wildman–Crippen MR) is 84.0 cm³/mol. The Morgan fingerprint density at radius 2 is 1.52 bits per heavy atom. The van der Waals surface area contributed by atoms with Crippen molar-refractivity contribution in [1.29, 1.82) is 0 Å². The minimum Gasteiger partial charge on any atom is -0.507 e. The topological polar surface area (TPSA) is 40.5 Å². The first-order valence-corrected chi connectivity index (χ1v) is 7.56. The molecule has 2 atom stereocenters. The zero-order valence-corrected chi connectivity index (χ0v) is 11.8. The summed E-state index contributed by atoms with van der Waals surface area (Å²) in [4.78, 5) is 0. The first-order chi connectivity index (χ1) is 10.2. The molecule has 2 aliphatic carbocycles. The molecule has 2 heteroatoms. The second-order valence-electron chi connectivity index (χ2n) is 6.11. The lowest BCUT2D eigenvalue weighted by Crippen LogP contribution is -1.99. The Labute approximate surface area is 124 Å². The zero-order valence-electron chi connectivity index (χ0n) is 11.8. The Hall–Kier alpha value is -2.22. The van der Waals surface area contributed by atoms with Crippen LogP contribution in [0.15, 0.2) is 48.5 Å². The number of phenols is 2. The van der Waals surface area contributed by atoms with E-state index in [1.807, 2.05) is 30.3 Å². The molecular weight excluding hydrogens is 260 g/mol. The van der Waals surface area contributed by atoms with Crippen LogP contribution in [0, 0.1) is 11.8 Å². The van der Waals surface area contributed by atoms with Gasteiger partial charge < -0.3 is 10.2 Å². The minimum absolute atomic E-state index is 0.234. The van der Waals surface area contributed by atoms with Crippen molar-refractivity contribution in [2.75, 3.05) is 0 Å². The van der Waals surface area contributed by atoms with Gasteiger partial charge in [0.05, 0.1) is 0 Å². The molecule has 0 amide bonds. The first-order valence-electron chi connectivity index (χ1n) is 7.56. The second kappa shape index (κ2) is 4.66. The van der Waals surface area contributed by atoms with Crippen LogP contribution in [-0.2, 0) is 0 Å². The van der Waals surface area contributed by atoms with Crippen molar-refractivity contribution in [3.63, 3.8) is 0 Å². The predicted octanol–water partition coefficient (Wildman–Crippen LogP) is 4.58. The van der Waals surface area contributed by atoms with Gasteiger partial charge in [0.15, 0.2) is 0 Å². The monoisotopic (exact) mass is 278 g/mol. The van der Waals surface area contributed by atoms with Crippen LogP contribution >= 0.6 is 0 Å². The first kappa shape index (κ1) is 12.5. The van der Waals surface area contributed by atoms with Gasteiger partial charge in [-0.3, -0.25) is 0 Å². The van der Waals surface area contributed by atoms with Crippen LogP contribution < -0.4 is 0 Å². The van der Waals surface area contributed by atoms with Crippen LogP contribution in [0.2, 0.25) is 0 Å². The molecule has 2 N–H and O–H groups in total. The van der Waals surface area contributed by atoms with Crippen molar-refractivity contribution >= 4 is 5.57 Å². The standard InChI is InChI=1S/C19H18O2/c20-16-8-9-17(21)19(15-11-12-6-7-14(15)10-12)18(16)13-4-2-1-3-5-13/h1-5,8-9,11-12,14,20-21H,6-7,10H2.